The summed E-state index contributed by atoms with van der Waals surface area (Å²) in [5, 5.41) is 13.3. The lowest BCUT2D eigenvalue weighted by molar-refractivity contribution is -0.127. The predicted octanol–water partition coefficient (Wildman–Crippen LogP) is 2.29. The SMILES string of the molecule is O=C(NCc1cc2ccccc2s1)C1(CO)CC1. The molecule has 1 aliphatic rings. The van der Waals surface area contributed by atoms with E-state index in [9.17, 15) is 9.90 Å². The Morgan fingerprint density at radius 1 is 1.39 bits per heavy atom. The van der Waals surface area contributed by atoms with Crippen LogP contribution in [0.15, 0.2) is 30.3 Å². The summed E-state index contributed by atoms with van der Waals surface area (Å²) >= 11 is 1.70. The van der Waals surface area contributed by atoms with Crippen LogP contribution in [0, 0.1) is 5.41 Å². The molecule has 0 spiro atoms. The van der Waals surface area contributed by atoms with Gasteiger partial charge in [0.1, 0.15) is 0 Å². The Morgan fingerprint density at radius 3 is 2.83 bits per heavy atom. The molecule has 1 aromatic carbocycles. The van der Waals surface area contributed by atoms with E-state index in [0.29, 0.717) is 6.54 Å². The number of aliphatic hydroxyl groups is 1. The summed E-state index contributed by atoms with van der Waals surface area (Å²) in [6, 6.07) is 10.3. The van der Waals surface area contributed by atoms with Crippen molar-refractivity contribution in [3.05, 3.63) is 35.2 Å². The number of fused-ring (bicyclic) bond motifs is 1. The molecule has 94 valence electrons. The van der Waals surface area contributed by atoms with E-state index < -0.39 is 5.41 Å². The summed E-state index contributed by atoms with van der Waals surface area (Å²) in [5.41, 5.74) is -0.476. The average Bonchev–Trinajstić information content (AvgIpc) is 3.09. The molecule has 1 heterocycles. The zero-order valence-electron chi connectivity index (χ0n) is 9.98. The van der Waals surface area contributed by atoms with E-state index in [0.717, 1.165) is 17.7 Å². The molecule has 0 unspecified atom stereocenters. The Bertz CT molecular complexity index is 553. The fourth-order valence-electron chi connectivity index (χ4n) is 2.09. The highest BCUT2D eigenvalue weighted by Gasteiger charge is 2.49. The fourth-order valence-corrected chi connectivity index (χ4v) is 3.09. The van der Waals surface area contributed by atoms with E-state index in [2.05, 4.69) is 23.5 Å². The smallest absolute Gasteiger partial charge is 0.228 e. The highest BCUT2D eigenvalue weighted by Crippen LogP contribution is 2.45. The van der Waals surface area contributed by atoms with Crippen LogP contribution < -0.4 is 5.32 Å². The van der Waals surface area contributed by atoms with Gasteiger partial charge in [-0.2, -0.15) is 0 Å². The van der Waals surface area contributed by atoms with Gasteiger partial charge in [0.05, 0.1) is 18.6 Å². The van der Waals surface area contributed by atoms with Crippen molar-refractivity contribution in [3.63, 3.8) is 0 Å². The molecule has 0 saturated heterocycles. The Morgan fingerprint density at radius 2 is 2.17 bits per heavy atom. The second kappa shape index (κ2) is 4.37. The zero-order valence-corrected chi connectivity index (χ0v) is 10.8. The summed E-state index contributed by atoms with van der Waals surface area (Å²) < 4.78 is 1.24. The van der Waals surface area contributed by atoms with Crippen molar-refractivity contribution in [3.8, 4) is 0 Å². The monoisotopic (exact) mass is 261 g/mol. The van der Waals surface area contributed by atoms with Crippen LogP contribution in [0.2, 0.25) is 0 Å². The molecule has 1 amide bonds. The average molecular weight is 261 g/mol. The van der Waals surface area contributed by atoms with Crippen LogP contribution in [-0.2, 0) is 11.3 Å². The summed E-state index contributed by atoms with van der Waals surface area (Å²) in [6.07, 6.45) is 1.61. The van der Waals surface area contributed by atoms with Gasteiger partial charge in [-0.15, -0.1) is 11.3 Å². The fraction of sp³-hybridized carbons (Fsp3) is 0.357. The number of nitrogens with one attached hydrogen (secondary N) is 1. The van der Waals surface area contributed by atoms with Crippen LogP contribution in [0.1, 0.15) is 17.7 Å². The molecule has 2 aromatic rings. The standard InChI is InChI=1S/C14H15NO2S/c16-9-14(5-6-14)13(17)15-8-11-7-10-3-1-2-4-12(10)18-11/h1-4,7,16H,5-6,8-9H2,(H,15,17). The van der Waals surface area contributed by atoms with Crippen LogP contribution in [-0.4, -0.2) is 17.6 Å². The molecule has 1 aliphatic carbocycles. The van der Waals surface area contributed by atoms with Gasteiger partial charge in [0.2, 0.25) is 5.91 Å². The van der Waals surface area contributed by atoms with Crippen molar-refractivity contribution in [1.82, 2.24) is 5.32 Å². The van der Waals surface area contributed by atoms with Crippen LogP contribution in [0.3, 0.4) is 0 Å². The summed E-state index contributed by atoms with van der Waals surface area (Å²) in [6.45, 7) is 0.519. The largest absolute Gasteiger partial charge is 0.395 e. The maximum Gasteiger partial charge on any atom is 0.228 e. The summed E-state index contributed by atoms with van der Waals surface area (Å²) in [7, 11) is 0. The van der Waals surface area contributed by atoms with Crippen LogP contribution in [0.5, 0.6) is 0 Å². The quantitative estimate of drug-likeness (QED) is 0.887. The first-order chi connectivity index (χ1) is 8.73. The van der Waals surface area contributed by atoms with Gasteiger partial charge >= 0.3 is 0 Å². The van der Waals surface area contributed by atoms with Gasteiger partial charge in [0, 0.05) is 9.58 Å². The second-order valence-electron chi connectivity index (χ2n) is 4.87. The lowest BCUT2D eigenvalue weighted by atomic mass is 10.1. The van der Waals surface area contributed by atoms with Crippen molar-refractivity contribution in [2.45, 2.75) is 19.4 Å². The molecule has 0 radical (unpaired) electrons. The van der Waals surface area contributed by atoms with E-state index in [1.165, 1.54) is 10.1 Å². The number of rotatable bonds is 4. The van der Waals surface area contributed by atoms with Gasteiger partial charge in [-0.25, -0.2) is 0 Å². The number of hydrogen-bond acceptors (Lipinski definition) is 3. The van der Waals surface area contributed by atoms with Crippen LogP contribution >= 0.6 is 11.3 Å². The van der Waals surface area contributed by atoms with Gasteiger partial charge in [-0.05, 0) is 30.4 Å². The van der Waals surface area contributed by atoms with E-state index in [1.807, 2.05) is 12.1 Å². The molecule has 3 nitrogen and oxygen atoms in total. The second-order valence-corrected chi connectivity index (χ2v) is 6.04. The summed E-state index contributed by atoms with van der Waals surface area (Å²) in [4.78, 5) is 13.0. The van der Waals surface area contributed by atoms with Crippen molar-refractivity contribution < 1.29 is 9.90 Å². The molecule has 2 N–H and O–H groups in total. The first-order valence-electron chi connectivity index (χ1n) is 6.10. The highest BCUT2D eigenvalue weighted by molar-refractivity contribution is 7.19. The number of thiophene rings is 1. The molecule has 3 rings (SSSR count). The minimum atomic E-state index is -0.476. The number of benzene rings is 1. The molecular weight excluding hydrogens is 246 g/mol. The minimum Gasteiger partial charge on any atom is -0.395 e. The van der Waals surface area contributed by atoms with E-state index in [-0.39, 0.29) is 12.5 Å². The third-order valence-electron chi connectivity index (χ3n) is 3.54. The van der Waals surface area contributed by atoms with Crippen molar-refractivity contribution in [1.29, 1.82) is 0 Å². The Kier molecular flexibility index (Phi) is 2.84. The Hall–Kier alpha value is -1.39. The number of hydrogen-bond donors (Lipinski definition) is 2. The summed E-state index contributed by atoms with van der Waals surface area (Å²) in [5.74, 6) is -0.0116. The first kappa shape index (κ1) is 11.7. The highest BCUT2D eigenvalue weighted by atomic mass is 32.1. The number of aliphatic hydroxyl groups excluding tert-OH is 1. The molecule has 18 heavy (non-hydrogen) atoms. The van der Waals surface area contributed by atoms with E-state index in [4.69, 9.17) is 0 Å². The maximum absolute atomic E-state index is 11.9. The van der Waals surface area contributed by atoms with Crippen LogP contribution in [0.4, 0.5) is 0 Å². The van der Waals surface area contributed by atoms with Crippen LogP contribution in [0.25, 0.3) is 10.1 Å². The van der Waals surface area contributed by atoms with Crippen molar-refractivity contribution in [2.24, 2.45) is 5.41 Å². The topological polar surface area (TPSA) is 49.3 Å². The van der Waals surface area contributed by atoms with Crippen molar-refractivity contribution in [2.75, 3.05) is 6.61 Å². The number of amides is 1. The third kappa shape index (κ3) is 2.02. The maximum atomic E-state index is 11.9. The van der Waals surface area contributed by atoms with Gasteiger partial charge in [-0.3, -0.25) is 4.79 Å². The Balaban J connectivity index is 1.68. The molecule has 0 bridgehead atoms. The molecule has 0 aliphatic heterocycles. The molecule has 1 fully saturated rings. The Labute approximate surface area is 109 Å². The van der Waals surface area contributed by atoms with Gasteiger partial charge in [0.25, 0.3) is 0 Å². The number of carbonyl (C=O) groups is 1. The zero-order chi connectivity index (χ0) is 12.6. The number of carbonyl (C=O) groups excluding carboxylic acids is 1. The lowest BCUT2D eigenvalue weighted by Crippen LogP contribution is -2.33. The van der Waals surface area contributed by atoms with Gasteiger partial charge in [-0.1, -0.05) is 18.2 Å². The molecule has 4 heteroatoms. The predicted molar refractivity (Wildman–Crippen MR) is 72.4 cm³/mol. The molecule has 0 atom stereocenters. The minimum absolute atomic E-state index is 0.0116. The lowest BCUT2D eigenvalue weighted by Gasteiger charge is -2.11. The van der Waals surface area contributed by atoms with Gasteiger partial charge in [0.15, 0.2) is 0 Å². The molecule has 1 saturated carbocycles. The first-order valence-corrected chi connectivity index (χ1v) is 6.92. The van der Waals surface area contributed by atoms with Crippen molar-refractivity contribution >= 4 is 27.3 Å². The molecule has 1 aromatic heterocycles. The van der Waals surface area contributed by atoms with E-state index >= 15 is 0 Å². The van der Waals surface area contributed by atoms with E-state index in [1.54, 1.807) is 11.3 Å². The normalized spacial score (nSPS) is 16.7. The van der Waals surface area contributed by atoms with Gasteiger partial charge < -0.3 is 10.4 Å². The molecular formula is C14H15NO2S. The third-order valence-corrected chi connectivity index (χ3v) is 4.65.